The van der Waals surface area contributed by atoms with E-state index in [2.05, 4.69) is 12.2 Å². The predicted octanol–water partition coefficient (Wildman–Crippen LogP) is 9.40. The first-order valence-electron chi connectivity index (χ1n) is 19.1. The number of unbranched alkanes of at least 4 members (excludes halogenated alkanes) is 11. The van der Waals surface area contributed by atoms with E-state index in [1.807, 2.05) is 30.3 Å². The normalized spacial score (nSPS) is 14.1. The van der Waals surface area contributed by atoms with E-state index in [1.165, 1.54) is 83.1 Å². The van der Waals surface area contributed by atoms with Crippen LogP contribution >= 0.6 is 0 Å². The molecule has 0 radical (unpaired) electrons. The van der Waals surface area contributed by atoms with E-state index in [0.29, 0.717) is 11.3 Å². The Morgan fingerprint density at radius 2 is 1.40 bits per heavy atom. The van der Waals surface area contributed by atoms with Gasteiger partial charge in [0.2, 0.25) is 0 Å². The summed E-state index contributed by atoms with van der Waals surface area (Å²) in [6.45, 7) is 4.20. The number of esters is 2. The second-order valence-electron chi connectivity index (χ2n) is 13.3. The van der Waals surface area contributed by atoms with Gasteiger partial charge < -0.3 is 24.3 Å². The maximum absolute atomic E-state index is 13.9. The van der Waals surface area contributed by atoms with Gasteiger partial charge in [-0.2, -0.15) is 0 Å². The lowest BCUT2D eigenvalue weighted by Crippen LogP contribution is -2.52. The first-order chi connectivity index (χ1) is 25.9. The Labute approximate surface area is 313 Å². The Balaban J connectivity index is 1.38. The summed E-state index contributed by atoms with van der Waals surface area (Å²) in [5, 5.41) is 2.58. The molecule has 284 valence electrons. The van der Waals surface area contributed by atoms with E-state index >= 15 is 0 Å². The van der Waals surface area contributed by atoms with Crippen LogP contribution in [0.5, 0.6) is 11.5 Å². The molecule has 3 aromatic carbocycles. The quantitative estimate of drug-likeness (QED) is 0.0801. The third-order valence-electron chi connectivity index (χ3n) is 9.29. The molecule has 2 unspecified atom stereocenters. The van der Waals surface area contributed by atoms with E-state index in [9.17, 15) is 19.2 Å². The van der Waals surface area contributed by atoms with Crippen LogP contribution in [0, 0.1) is 5.92 Å². The Morgan fingerprint density at radius 1 is 0.755 bits per heavy atom. The number of nitrogens with zero attached hydrogens (tertiary/aromatic N) is 1. The number of aliphatic imine (C=N–C) groups is 1. The van der Waals surface area contributed by atoms with Gasteiger partial charge in [-0.15, -0.1) is 0 Å². The average Bonchev–Trinajstić information content (AvgIpc) is 3.17. The zero-order valence-electron chi connectivity index (χ0n) is 31.4. The van der Waals surface area contributed by atoms with Crippen molar-refractivity contribution in [2.24, 2.45) is 10.9 Å². The van der Waals surface area contributed by atoms with Crippen molar-refractivity contribution in [3.05, 3.63) is 89.5 Å². The van der Waals surface area contributed by atoms with Crippen LogP contribution in [-0.4, -0.2) is 55.9 Å². The van der Waals surface area contributed by atoms with Gasteiger partial charge in [0.05, 0.1) is 43.2 Å². The second-order valence-corrected chi connectivity index (χ2v) is 13.3. The fourth-order valence-electron chi connectivity index (χ4n) is 6.43. The van der Waals surface area contributed by atoms with Crippen molar-refractivity contribution in [1.82, 2.24) is 5.32 Å². The van der Waals surface area contributed by atoms with Crippen LogP contribution in [0.25, 0.3) is 0 Å². The van der Waals surface area contributed by atoms with Gasteiger partial charge in [-0.05, 0) is 55.7 Å². The summed E-state index contributed by atoms with van der Waals surface area (Å²) in [4.78, 5) is 58.4. The van der Waals surface area contributed by atoms with Crippen LogP contribution in [0.4, 0.5) is 10.5 Å². The number of para-hydroxylation sites is 1. The van der Waals surface area contributed by atoms with E-state index in [1.54, 1.807) is 31.2 Å². The summed E-state index contributed by atoms with van der Waals surface area (Å²) in [6.07, 6.45) is 13.7. The molecule has 3 aromatic rings. The number of carbonyl (C=O) groups excluding carboxylic acids is 4. The first kappa shape index (κ1) is 40.8. The molecule has 53 heavy (non-hydrogen) atoms. The molecule has 0 saturated heterocycles. The molecule has 1 aliphatic rings. The minimum absolute atomic E-state index is 0.0322. The molecule has 2 atom stereocenters. The molecule has 1 heterocycles. The third-order valence-corrected chi connectivity index (χ3v) is 9.29. The molecular formula is C43H54N2O8. The van der Waals surface area contributed by atoms with Crippen LogP contribution in [-0.2, 0) is 20.7 Å². The standard InChI is InChI=1S/C43H54N2O8/c1-4-6-7-8-9-10-11-12-13-14-15-21-28-52-41(47)32-26-27-36(50-3)37(30-32)53-43(49)45-39(42(48)51-5-2)38-34(29-31-22-17-16-18-23-31)40(46)33-24-19-20-25-35(33)44-38/h16-20,22-27,30,34,39H,4-15,21,28-29H2,1-3H3,(H,45,49). The summed E-state index contributed by atoms with van der Waals surface area (Å²) < 4.78 is 21.9. The molecule has 0 spiro atoms. The number of hydrogen-bond acceptors (Lipinski definition) is 9. The molecule has 0 aliphatic carbocycles. The number of fused-ring (bicyclic) bond motifs is 1. The van der Waals surface area contributed by atoms with Gasteiger partial charge >= 0.3 is 18.0 Å². The topological polar surface area (TPSA) is 130 Å². The molecule has 0 fully saturated rings. The highest BCUT2D eigenvalue weighted by molar-refractivity contribution is 6.24. The SMILES string of the molecule is CCCCCCCCCCCCCCOC(=O)c1ccc(OC)c(OC(=O)NC(C(=O)OCC)C2=Nc3ccccc3C(=O)C2Cc2ccccc2)c1. The van der Waals surface area contributed by atoms with Crippen LogP contribution in [0.1, 0.15) is 117 Å². The zero-order chi connectivity index (χ0) is 37.8. The van der Waals surface area contributed by atoms with Gasteiger partial charge in [0.15, 0.2) is 23.3 Å². The van der Waals surface area contributed by atoms with E-state index in [4.69, 9.17) is 23.9 Å². The number of amides is 1. The van der Waals surface area contributed by atoms with E-state index in [-0.39, 0.29) is 48.2 Å². The number of rotatable bonds is 22. The number of carbonyl (C=O) groups is 4. The highest BCUT2D eigenvalue weighted by Crippen LogP contribution is 2.32. The minimum Gasteiger partial charge on any atom is -0.493 e. The Morgan fingerprint density at radius 3 is 2.06 bits per heavy atom. The van der Waals surface area contributed by atoms with Gasteiger partial charge in [0.25, 0.3) is 0 Å². The highest BCUT2D eigenvalue weighted by atomic mass is 16.6. The first-order valence-corrected chi connectivity index (χ1v) is 19.1. The second kappa shape index (κ2) is 22.2. The van der Waals surface area contributed by atoms with Crippen LogP contribution in [0.2, 0.25) is 0 Å². The molecule has 10 nitrogen and oxygen atoms in total. The summed E-state index contributed by atoms with van der Waals surface area (Å²) in [7, 11) is 1.40. The van der Waals surface area contributed by atoms with Crippen molar-refractivity contribution in [2.45, 2.75) is 103 Å². The molecular weight excluding hydrogens is 672 g/mol. The number of benzene rings is 3. The lowest BCUT2D eigenvalue weighted by Gasteiger charge is -2.28. The van der Waals surface area contributed by atoms with Crippen LogP contribution in [0.3, 0.4) is 0 Å². The highest BCUT2D eigenvalue weighted by Gasteiger charge is 2.40. The average molecular weight is 727 g/mol. The largest absolute Gasteiger partial charge is 0.493 e. The van der Waals surface area contributed by atoms with Gasteiger partial charge in [0, 0.05) is 5.56 Å². The number of ketones is 1. The Kier molecular flexibility index (Phi) is 17.1. The lowest BCUT2D eigenvalue weighted by atomic mass is 9.82. The smallest absolute Gasteiger partial charge is 0.413 e. The molecule has 10 heteroatoms. The lowest BCUT2D eigenvalue weighted by molar-refractivity contribution is -0.143. The fourth-order valence-corrected chi connectivity index (χ4v) is 6.43. The summed E-state index contributed by atoms with van der Waals surface area (Å²) in [6, 6.07) is 19.2. The molecule has 0 bridgehead atoms. The molecule has 1 amide bonds. The molecule has 1 N–H and O–H groups in total. The third kappa shape index (κ3) is 12.6. The minimum atomic E-state index is -1.44. The zero-order valence-corrected chi connectivity index (χ0v) is 31.4. The van der Waals surface area contributed by atoms with Crippen molar-refractivity contribution in [3.8, 4) is 11.5 Å². The van der Waals surface area contributed by atoms with Crippen LogP contribution in [0.15, 0.2) is 77.8 Å². The summed E-state index contributed by atoms with van der Waals surface area (Å²) in [5.74, 6) is -2.31. The Hall–Kier alpha value is -4.99. The van der Waals surface area contributed by atoms with Gasteiger partial charge in [-0.1, -0.05) is 120 Å². The predicted molar refractivity (Wildman–Crippen MR) is 205 cm³/mol. The number of ether oxygens (including phenoxy) is 4. The van der Waals surface area contributed by atoms with Crippen molar-refractivity contribution in [1.29, 1.82) is 0 Å². The fraction of sp³-hybridized carbons (Fsp3) is 0.465. The maximum Gasteiger partial charge on any atom is 0.413 e. The molecule has 1 aliphatic heterocycles. The molecule has 0 saturated carbocycles. The van der Waals surface area contributed by atoms with Crippen molar-refractivity contribution in [3.63, 3.8) is 0 Å². The van der Waals surface area contributed by atoms with Crippen LogP contribution < -0.4 is 14.8 Å². The molecule has 4 rings (SSSR count). The molecule has 0 aromatic heterocycles. The number of Topliss-reactive ketones (excluding diaryl/α,β-unsaturated/α-hetero) is 1. The van der Waals surface area contributed by atoms with E-state index in [0.717, 1.165) is 24.8 Å². The van der Waals surface area contributed by atoms with Gasteiger partial charge in [0.1, 0.15) is 0 Å². The monoisotopic (exact) mass is 726 g/mol. The van der Waals surface area contributed by atoms with Crippen molar-refractivity contribution < 1.29 is 38.1 Å². The Bertz CT molecular complexity index is 1670. The van der Waals surface area contributed by atoms with Gasteiger partial charge in [-0.3, -0.25) is 9.79 Å². The summed E-state index contributed by atoms with van der Waals surface area (Å²) in [5.41, 5.74) is 1.98. The maximum atomic E-state index is 13.9. The number of nitrogens with one attached hydrogen (secondary N) is 1. The van der Waals surface area contributed by atoms with E-state index < -0.39 is 30.0 Å². The summed E-state index contributed by atoms with van der Waals surface area (Å²) >= 11 is 0. The van der Waals surface area contributed by atoms with Crippen molar-refractivity contribution in [2.75, 3.05) is 20.3 Å². The van der Waals surface area contributed by atoms with Gasteiger partial charge in [-0.25, -0.2) is 14.4 Å². The number of methoxy groups -OCH3 is 1. The van der Waals surface area contributed by atoms with Crippen molar-refractivity contribution >= 4 is 35.2 Å². The number of hydrogen-bond donors (Lipinski definition) is 1.